The lowest BCUT2D eigenvalue weighted by atomic mass is 10.0. The number of rotatable bonds is 8. The molecule has 10 nitrogen and oxygen atoms in total. The van der Waals surface area contributed by atoms with E-state index in [-0.39, 0.29) is 23.9 Å². The van der Waals surface area contributed by atoms with Crippen LogP contribution in [-0.4, -0.2) is 78.6 Å². The smallest absolute Gasteiger partial charge is 0.251 e. The molecule has 1 aromatic carbocycles. The Hall–Kier alpha value is -3.40. The number of piperidine rings is 1. The number of amides is 2. The van der Waals surface area contributed by atoms with Crippen molar-refractivity contribution in [2.75, 3.05) is 48.9 Å². The van der Waals surface area contributed by atoms with Gasteiger partial charge in [-0.3, -0.25) is 9.59 Å². The van der Waals surface area contributed by atoms with Gasteiger partial charge in [-0.05, 0) is 77.4 Å². The fourth-order valence-corrected chi connectivity index (χ4v) is 6.03. The third-order valence-corrected chi connectivity index (χ3v) is 8.26. The van der Waals surface area contributed by atoms with Gasteiger partial charge in [-0.2, -0.15) is 4.98 Å². The van der Waals surface area contributed by atoms with Crippen molar-refractivity contribution in [3.05, 3.63) is 30.0 Å². The van der Waals surface area contributed by atoms with Crippen molar-refractivity contribution in [1.82, 2.24) is 20.2 Å². The molecular formula is C29H41N7O3. The number of carbonyl (C=O) groups is 2. The molecule has 2 aromatic rings. The molecule has 1 saturated heterocycles. The second-order valence-corrected chi connectivity index (χ2v) is 10.9. The lowest BCUT2D eigenvalue weighted by Crippen LogP contribution is -2.55. The van der Waals surface area contributed by atoms with Gasteiger partial charge in [0, 0.05) is 24.7 Å². The van der Waals surface area contributed by atoms with Gasteiger partial charge >= 0.3 is 0 Å². The first kappa shape index (κ1) is 27.2. The number of ether oxygens (including phenoxy) is 1. The Bertz CT molecular complexity index is 1190. The van der Waals surface area contributed by atoms with Crippen LogP contribution in [0.4, 0.5) is 23.1 Å². The summed E-state index contributed by atoms with van der Waals surface area (Å²) < 4.78 is 5.92. The van der Waals surface area contributed by atoms with E-state index in [1.54, 1.807) is 30.3 Å². The number of benzene rings is 1. The van der Waals surface area contributed by atoms with Crippen molar-refractivity contribution in [3.8, 4) is 5.75 Å². The van der Waals surface area contributed by atoms with Gasteiger partial charge < -0.3 is 30.1 Å². The molecule has 0 unspecified atom stereocenters. The minimum atomic E-state index is -0.227. The summed E-state index contributed by atoms with van der Waals surface area (Å²) in [4.78, 5) is 41.8. The van der Waals surface area contributed by atoms with Gasteiger partial charge in [0.05, 0.1) is 18.5 Å². The predicted octanol–water partition coefficient (Wildman–Crippen LogP) is 3.95. The van der Waals surface area contributed by atoms with Crippen LogP contribution >= 0.6 is 0 Å². The van der Waals surface area contributed by atoms with Crippen LogP contribution in [0.1, 0.15) is 69.2 Å². The molecule has 0 radical (unpaired) electrons. The molecule has 210 valence electrons. The number of hydrogen-bond acceptors (Lipinski definition) is 8. The Labute approximate surface area is 231 Å². The number of anilines is 4. The van der Waals surface area contributed by atoms with Crippen molar-refractivity contribution in [3.63, 3.8) is 0 Å². The minimum Gasteiger partial charge on any atom is -0.492 e. The molecule has 5 rings (SSSR count). The summed E-state index contributed by atoms with van der Waals surface area (Å²) in [5, 5.41) is 6.49. The maximum absolute atomic E-state index is 13.2. The molecule has 1 aliphatic carbocycles. The predicted molar refractivity (Wildman–Crippen MR) is 153 cm³/mol. The van der Waals surface area contributed by atoms with Gasteiger partial charge in [-0.1, -0.05) is 19.8 Å². The molecule has 2 amide bonds. The molecular weight excluding hydrogens is 494 g/mol. The number of nitrogens with one attached hydrogen (secondary N) is 2. The number of nitrogens with zero attached hydrogens (tertiary/aromatic N) is 5. The van der Waals surface area contributed by atoms with Crippen LogP contribution in [0.2, 0.25) is 0 Å². The Morgan fingerprint density at radius 1 is 1.10 bits per heavy atom. The van der Waals surface area contributed by atoms with Gasteiger partial charge in [-0.15, -0.1) is 0 Å². The standard InChI is InChI=1S/C29H41N7O3/c1-5-23-28(38)35(4)24-18-30-29(33-26(24)36(23)21-9-7-8-10-21)32-22-12-11-19(17-25(22)39-6-2)27(37)31-20-13-15-34(3)16-14-20/h11-12,17-18,20-21,23H,5-10,13-16H2,1-4H3,(H,31,37)(H,30,32,33)/t23-/m1/s1. The molecule has 2 N–H and O–H groups in total. The Balaban J connectivity index is 1.39. The van der Waals surface area contributed by atoms with Crippen LogP contribution in [-0.2, 0) is 4.79 Å². The number of carbonyl (C=O) groups excluding carboxylic acids is 2. The van der Waals surface area contributed by atoms with Gasteiger partial charge in [-0.25, -0.2) is 4.98 Å². The fourth-order valence-electron chi connectivity index (χ4n) is 6.03. The second kappa shape index (κ2) is 11.8. The lowest BCUT2D eigenvalue weighted by Gasteiger charge is -2.43. The number of likely N-dealkylation sites (tertiary alicyclic amines) is 1. The molecule has 3 aliphatic rings. The average molecular weight is 536 g/mol. The van der Waals surface area contributed by atoms with Crippen LogP contribution in [0.3, 0.4) is 0 Å². The van der Waals surface area contributed by atoms with Crippen molar-refractivity contribution in [1.29, 1.82) is 0 Å². The highest BCUT2D eigenvalue weighted by Gasteiger charge is 2.41. The zero-order chi connectivity index (χ0) is 27.5. The van der Waals surface area contributed by atoms with E-state index in [2.05, 4.69) is 39.4 Å². The van der Waals surface area contributed by atoms with Crippen LogP contribution in [0.5, 0.6) is 5.75 Å². The van der Waals surface area contributed by atoms with Crippen LogP contribution in [0.15, 0.2) is 24.4 Å². The number of hydrogen-bond donors (Lipinski definition) is 2. The minimum absolute atomic E-state index is 0.0902. The first-order chi connectivity index (χ1) is 18.9. The lowest BCUT2D eigenvalue weighted by molar-refractivity contribution is -0.120. The molecule has 2 aliphatic heterocycles. The monoisotopic (exact) mass is 535 g/mol. The summed E-state index contributed by atoms with van der Waals surface area (Å²) in [6.07, 6.45) is 8.82. The summed E-state index contributed by atoms with van der Waals surface area (Å²) in [7, 11) is 3.91. The summed E-state index contributed by atoms with van der Waals surface area (Å²) in [5.41, 5.74) is 1.98. The molecule has 0 bridgehead atoms. The number of aromatic nitrogens is 2. The fraction of sp³-hybridized carbons (Fsp3) is 0.586. The summed E-state index contributed by atoms with van der Waals surface area (Å²) in [5.74, 6) is 1.79. The zero-order valence-corrected chi connectivity index (χ0v) is 23.6. The van der Waals surface area contributed by atoms with Crippen molar-refractivity contribution >= 4 is 35.0 Å². The second-order valence-electron chi connectivity index (χ2n) is 10.9. The quantitative estimate of drug-likeness (QED) is 0.524. The zero-order valence-electron chi connectivity index (χ0n) is 23.6. The van der Waals surface area contributed by atoms with Gasteiger partial charge in [0.1, 0.15) is 17.5 Å². The normalized spacial score (nSPS) is 20.7. The van der Waals surface area contributed by atoms with E-state index in [1.807, 2.05) is 13.0 Å². The van der Waals surface area contributed by atoms with E-state index < -0.39 is 0 Å². The largest absolute Gasteiger partial charge is 0.492 e. The molecule has 1 atom stereocenters. The molecule has 0 spiro atoms. The maximum atomic E-state index is 13.2. The number of fused-ring (bicyclic) bond motifs is 1. The highest BCUT2D eigenvalue weighted by Crippen LogP contribution is 2.40. The highest BCUT2D eigenvalue weighted by atomic mass is 16.5. The van der Waals surface area contributed by atoms with Gasteiger partial charge in [0.2, 0.25) is 11.9 Å². The molecule has 1 saturated carbocycles. The first-order valence-electron chi connectivity index (χ1n) is 14.4. The van der Waals surface area contributed by atoms with Crippen molar-refractivity contribution < 1.29 is 14.3 Å². The van der Waals surface area contributed by atoms with E-state index >= 15 is 0 Å². The van der Waals surface area contributed by atoms with Crippen LogP contribution in [0, 0.1) is 0 Å². The van der Waals surface area contributed by atoms with Crippen molar-refractivity contribution in [2.24, 2.45) is 0 Å². The average Bonchev–Trinajstić information content (AvgIpc) is 3.47. The Morgan fingerprint density at radius 2 is 1.85 bits per heavy atom. The Kier molecular flexibility index (Phi) is 8.20. The summed E-state index contributed by atoms with van der Waals surface area (Å²) in [6.45, 7) is 6.41. The molecule has 2 fully saturated rings. The third kappa shape index (κ3) is 5.66. The van der Waals surface area contributed by atoms with Gasteiger partial charge in [0.15, 0.2) is 5.82 Å². The van der Waals surface area contributed by atoms with Gasteiger partial charge in [0.25, 0.3) is 5.91 Å². The molecule has 3 heterocycles. The third-order valence-electron chi connectivity index (χ3n) is 8.26. The molecule has 39 heavy (non-hydrogen) atoms. The first-order valence-corrected chi connectivity index (χ1v) is 14.4. The summed E-state index contributed by atoms with van der Waals surface area (Å²) >= 11 is 0. The van der Waals surface area contributed by atoms with E-state index in [1.165, 1.54) is 12.8 Å². The van der Waals surface area contributed by atoms with E-state index in [4.69, 9.17) is 9.72 Å². The van der Waals surface area contributed by atoms with Crippen LogP contribution in [0.25, 0.3) is 0 Å². The van der Waals surface area contributed by atoms with E-state index in [9.17, 15) is 9.59 Å². The topological polar surface area (TPSA) is 103 Å². The maximum Gasteiger partial charge on any atom is 0.251 e. The van der Waals surface area contributed by atoms with Crippen molar-refractivity contribution in [2.45, 2.75) is 76.9 Å². The Morgan fingerprint density at radius 3 is 2.54 bits per heavy atom. The van der Waals surface area contributed by atoms with E-state index in [0.29, 0.717) is 35.6 Å². The highest BCUT2D eigenvalue weighted by molar-refractivity contribution is 6.04. The summed E-state index contributed by atoms with van der Waals surface area (Å²) in [6, 6.07) is 5.68. The SMILES string of the molecule is CCOc1cc(C(=O)NC2CCN(C)CC2)ccc1Nc1ncc2c(n1)N(C1CCCC1)[C@H](CC)C(=O)N2C. The molecule has 1 aromatic heterocycles. The van der Waals surface area contributed by atoms with Crippen LogP contribution < -0.4 is 25.2 Å². The van der Waals surface area contributed by atoms with E-state index in [0.717, 1.165) is 56.7 Å². The molecule has 10 heteroatoms. The number of likely N-dealkylation sites (N-methyl/N-ethyl adjacent to an activating group) is 1.